The van der Waals surface area contributed by atoms with Gasteiger partial charge in [0.25, 0.3) is 10.0 Å². The molecule has 0 radical (unpaired) electrons. The molecule has 7 nitrogen and oxygen atoms in total. The van der Waals surface area contributed by atoms with Crippen LogP contribution in [0.2, 0.25) is 10.0 Å². The molecule has 0 heterocycles. The Morgan fingerprint density at radius 1 is 0.900 bits per heavy atom. The van der Waals surface area contributed by atoms with E-state index >= 15 is 0 Å². The first-order valence-electron chi connectivity index (χ1n) is 13.2. The topological polar surface area (TPSA) is 86.8 Å². The van der Waals surface area contributed by atoms with Crippen molar-refractivity contribution >= 4 is 50.7 Å². The maximum absolute atomic E-state index is 14.0. The zero-order valence-electron chi connectivity index (χ0n) is 22.9. The number of amides is 2. The van der Waals surface area contributed by atoms with Gasteiger partial charge in [0.2, 0.25) is 11.8 Å². The molecule has 0 unspecified atom stereocenters. The molecule has 2 atom stereocenters. The summed E-state index contributed by atoms with van der Waals surface area (Å²) in [5.41, 5.74) is 1.07. The maximum Gasteiger partial charge on any atom is 0.264 e. The fourth-order valence-corrected chi connectivity index (χ4v) is 6.13. The number of halogens is 2. The second kappa shape index (κ2) is 14.5. The van der Waals surface area contributed by atoms with E-state index in [4.69, 9.17) is 23.2 Å². The smallest absolute Gasteiger partial charge is 0.264 e. The Morgan fingerprint density at radius 2 is 1.52 bits per heavy atom. The van der Waals surface area contributed by atoms with Crippen LogP contribution in [0.15, 0.2) is 83.8 Å². The quantitative estimate of drug-likeness (QED) is 0.261. The van der Waals surface area contributed by atoms with Crippen molar-refractivity contribution in [3.63, 3.8) is 0 Å². The van der Waals surface area contributed by atoms with Crippen molar-refractivity contribution in [3.8, 4) is 0 Å². The molecule has 1 N–H and O–H groups in total. The summed E-state index contributed by atoms with van der Waals surface area (Å²) in [5.74, 6) is -0.811. The lowest BCUT2D eigenvalue weighted by Gasteiger charge is -2.34. The number of benzene rings is 3. The van der Waals surface area contributed by atoms with Crippen molar-refractivity contribution < 1.29 is 18.0 Å². The van der Waals surface area contributed by atoms with Gasteiger partial charge in [-0.25, -0.2) is 8.42 Å². The summed E-state index contributed by atoms with van der Waals surface area (Å²) in [6.45, 7) is 5.34. The summed E-state index contributed by atoms with van der Waals surface area (Å²) in [5, 5.41) is 3.35. The number of carbonyl (C=O) groups excluding carboxylic acids is 2. The average Bonchev–Trinajstić information content (AvgIpc) is 2.95. The molecular weight excluding hydrogens is 569 g/mol. The van der Waals surface area contributed by atoms with Gasteiger partial charge in [-0.1, -0.05) is 85.6 Å². The second-order valence-corrected chi connectivity index (χ2v) is 12.2. The number of sulfonamides is 1. The Hall–Kier alpha value is -3.07. The molecule has 0 saturated heterocycles. The minimum absolute atomic E-state index is 0.00349. The van der Waals surface area contributed by atoms with E-state index in [0.717, 1.165) is 16.3 Å². The van der Waals surface area contributed by atoms with Crippen LogP contribution in [0.5, 0.6) is 0 Å². The highest BCUT2D eigenvalue weighted by Gasteiger charge is 2.34. The Bertz CT molecular complexity index is 1390. The van der Waals surface area contributed by atoms with E-state index in [1.807, 2.05) is 51.1 Å². The molecule has 0 bridgehead atoms. The van der Waals surface area contributed by atoms with Crippen LogP contribution in [-0.2, 0) is 26.0 Å². The molecule has 0 aromatic heterocycles. The van der Waals surface area contributed by atoms with Crippen LogP contribution in [-0.4, -0.2) is 50.3 Å². The molecule has 0 aliphatic carbocycles. The fraction of sp³-hybridized carbons (Fsp3) is 0.333. The molecule has 3 aromatic carbocycles. The van der Waals surface area contributed by atoms with Gasteiger partial charge in [-0.05, 0) is 62.1 Å². The van der Waals surface area contributed by atoms with E-state index in [-0.39, 0.29) is 39.1 Å². The van der Waals surface area contributed by atoms with E-state index < -0.39 is 28.5 Å². The zero-order valence-corrected chi connectivity index (χ0v) is 25.2. The molecule has 3 rings (SSSR count). The summed E-state index contributed by atoms with van der Waals surface area (Å²) in [6.07, 6.45) is 1.58. The van der Waals surface area contributed by atoms with Gasteiger partial charge in [-0.3, -0.25) is 13.9 Å². The number of rotatable bonds is 13. The summed E-state index contributed by atoms with van der Waals surface area (Å²) in [6, 6.07) is 21.0. The van der Waals surface area contributed by atoms with E-state index in [9.17, 15) is 18.0 Å². The van der Waals surface area contributed by atoms with Crippen molar-refractivity contribution in [3.05, 3.63) is 94.5 Å². The first-order chi connectivity index (χ1) is 19.1. The summed E-state index contributed by atoms with van der Waals surface area (Å²) < 4.78 is 28.7. The van der Waals surface area contributed by atoms with E-state index in [1.165, 1.54) is 29.2 Å². The van der Waals surface area contributed by atoms with Gasteiger partial charge >= 0.3 is 0 Å². The standard InChI is InChI=1S/C30H35Cl2N3O4S/c1-4-22(3)33-30(37)27(5-2)34(19-18-23-12-8-6-9-13-23)29(36)21-35(28-20-24(31)16-17-26(28)32)40(38,39)25-14-10-7-11-15-25/h6-17,20,22,27H,4-5,18-19,21H2,1-3H3,(H,33,37)/t22-,27+/m0/s1. The van der Waals surface area contributed by atoms with Gasteiger partial charge in [0.05, 0.1) is 15.6 Å². The molecule has 0 spiro atoms. The van der Waals surface area contributed by atoms with Crippen LogP contribution in [0.1, 0.15) is 39.2 Å². The first kappa shape index (κ1) is 31.5. The van der Waals surface area contributed by atoms with E-state index in [2.05, 4.69) is 5.32 Å². The third kappa shape index (κ3) is 7.99. The minimum Gasteiger partial charge on any atom is -0.352 e. The number of nitrogens with zero attached hydrogens (tertiary/aromatic N) is 2. The molecule has 40 heavy (non-hydrogen) atoms. The summed E-state index contributed by atoms with van der Waals surface area (Å²) in [4.78, 5) is 28.8. The minimum atomic E-state index is -4.22. The normalized spacial score (nSPS) is 12.8. The summed E-state index contributed by atoms with van der Waals surface area (Å²) in [7, 11) is -4.22. The largest absolute Gasteiger partial charge is 0.352 e. The van der Waals surface area contributed by atoms with E-state index in [0.29, 0.717) is 12.8 Å². The highest BCUT2D eigenvalue weighted by molar-refractivity contribution is 7.92. The Labute approximate surface area is 247 Å². The fourth-order valence-electron chi connectivity index (χ4n) is 4.25. The van der Waals surface area contributed by atoms with Crippen molar-refractivity contribution in [1.82, 2.24) is 10.2 Å². The lowest BCUT2D eigenvalue weighted by atomic mass is 10.1. The monoisotopic (exact) mass is 603 g/mol. The molecule has 0 aliphatic rings. The molecule has 2 amide bonds. The lowest BCUT2D eigenvalue weighted by molar-refractivity contribution is -0.139. The van der Waals surface area contributed by atoms with Crippen LogP contribution >= 0.6 is 23.2 Å². The van der Waals surface area contributed by atoms with Gasteiger partial charge < -0.3 is 10.2 Å². The predicted molar refractivity (Wildman–Crippen MR) is 161 cm³/mol. The zero-order chi connectivity index (χ0) is 29.3. The van der Waals surface area contributed by atoms with Crippen molar-refractivity contribution in [2.24, 2.45) is 0 Å². The SMILES string of the molecule is CC[C@H](C(=O)N[C@@H](C)CC)N(CCc1ccccc1)C(=O)CN(c1cc(Cl)ccc1Cl)S(=O)(=O)c1ccccc1. The molecule has 10 heteroatoms. The molecule has 0 saturated carbocycles. The van der Waals surface area contributed by atoms with Crippen molar-refractivity contribution in [2.75, 3.05) is 17.4 Å². The van der Waals surface area contributed by atoms with Crippen molar-refractivity contribution in [2.45, 2.75) is 57.0 Å². The second-order valence-electron chi connectivity index (χ2n) is 9.49. The number of hydrogen-bond donors (Lipinski definition) is 1. The number of anilines is 1. The summed E-state index contributed by atoms with van der Waals surface area (Å²) >= 11 is 12.7. The van der Waals surface area contributed by atoms with Gasteiger partial charge in [0.15, 0.2) is 0 Å². The van der Waals surface area contributed by atoms with Crippen LogP contribution in [0.4, 0.5) is 5.69 Å². The first-order valence-corrected chi connectivity index (χ1v) is 15.4. The third-order valence-corrected chi connectivity index (χ3v) is 8.99. The van der Waals surface area contributed by atoms with Gasteiger partial charge in [-0.15, -0.1) is 0 Å². The maximum atomic E-state index is 14.0. The predicted octanol–water partition coefficient (Wildman–Crippen LogP) is 5.95. The average molecular weight is 605 g/mol. The number of carbonyl (C=O) groups is 2. The van der Waals surface area contributed by atoms with Gasteiger partial charge in [0, 0.05) is 17.6 Å². The molecule has 214 valence electrons. The molecule has 0 aliphatic heterocycles. The number of nitrogens with one attached hydrogen (secondary N) is 1. The Balaban J connectivity index is 2.04. The van der Waals surface area contributed by atoms with Gasteiger partial charge in [-0.2, -0.15) is 0 Å². The Morgan fingerprint density at radius 3 is 2.12 bits per heavy atom. The third-order valence-electron chi connectivity index (χ3n) is 6.66. The van der Waals surface area contributed by atoms with E-state index in [1.54, 1.807) is 24.3 Å². The highest BCUT2D eigenvalue weighted by Crippen LogP contribution is 2.33. The highest BCUT2D eigenvalue weighted by atomic mass is 35.5. The molecule has 3 aromatic rings. The van der Waals surface area contributed by atoms with Crippen LogP contribution in [0.3, 0.4) is 0 Å². The van der Waals surface area contributed by atoms with Gasteiger partial charge in [0.1, 0.15) is 12.6 Å². The molecular formula is C30H35Cl2N3O4S. The van der Waals surface area contributed by atoms with Crippen LogP contribution < -0.4 is 9.62 Å². The van der Waals surface area contributed by atoms with Crippen LogP contribution in [0, 0.1) is 0 Å². The number of hydrogen-bond acceptors (Lipinski definition) is 4. The van der Waals surface area contributed by atoms with Crippen LogP contribution in [0.25, 0.3) is 0 Å². The van der Waals surface area contributed by atoms with Crippen molar-refractivity contribution in [1.29, 1.82) is 0 Å². The Kier molecular flexibility index (Phi) is 11.4. The molecule has 0 fully saturated rings. The lowest BCUT2D eigenvalue weighted by Crippen LogP contribution is -2.54.